The van der Waals surface area contributed by atoms with Gasteiger partial charge in [-0.05, 0) is 84.0 Å². The second kappa shape index (κ2) is 27.8. The van der Waals surface area contributed by atoms with Crippen LogP contribution in [-0.2, 0) is 5.41 Å². The van der Waals surface area contributed by atoms with E-state index in [1.807, 2.05) is 24.3 Å². The molecule has 0 saturated heterocycles. The van der Waals surface area contributed by atoms with Crippen molar-refractivity contribution in [3.8, 4) is 135 Å². The summed E-state index contributed by atoms with van der Waals surface area (Å²) in [6.07, 6.45) is 0. The number of benzene rings is 15. The number of nitrogens with zero attached hydrogens (tertiary/aromatic N) is 8. The molecule has 19 rings (SSSR count). The second-order valence-electron chi connectivity index (χ2n) is 28.8. The van der Waals surface area contributed by atoms with E-state index in [-0.39, 0.29) is 0 Å². The van der Waals surface area contributed by atoms with E-state index in [4.69, 9.17) is 29.9 Å². The van der Waals surface area contributed by atoms with Crippen LogP contribution < -0.4 is 26.2 Å². The summed E-state index contributed by atoms with van der Waals surface area (Å²) in [6, 6.07) is 135. The molecule has 15 aromatic carbocycles. The summed E-state index contributed by atoms with van der Waals surface area (Å²) in [5.74, 6) is 3.07. The highest BCUT2D eigenvalue weighted by atomic mass is 15.2. The topological polar surface area (TPSA) is 83.8 Å². The Labute approximate surface area is 635 Å². The second-order valence-corrected chi connectivity index (χ2v) is 28.8. The van der Waals surface area contributed by atoms with Crippen LogP contribution in [0.15, 0.2) is 376 Å². The number of hydrogen-bond acceptors (Lipinski definition) is 8. The van der Waals surface area contributed by atoms with Gasteiger partial charge in [-0.25, -0.2) is 29.9 Å². The van der Waals surface area contributed by atoms with Crippen LogP contribution >= 0.6 is 0 Å². The quantitative estimate of drug-likeness (QED) is 0.0996. The lowest BCUT2D eigenvalue weighted by molar-refractivity contribution is 0.592. The molecule has 0 amide bonds. The van der Waals surface area contributed by atoms with E-state index in [0.717, 1.165) is 156 Å². The molecule has 0 fully saturated rings. The van der Waals surface area contributed by atoms with E-state index >= 15 is 0 Å². The molecule has 0 N–H and O–H groups in total. The Morgan fingerprint density at radius 2 is 0.459 bits per heavy atom. The Hall–Kier alpha value is -14.0. The van der Waals surface area contributed by atoms with Crippen molar-refractivity contribution < 1.29 is 0 Å². The molecule has 0 saturated carbocycles. The molecule has 0 unspecified atom stereocenters. The predicted molar refractivity (Wildman–Crippen MR) is 451 cm³/mol. The lowest BCUT2D eigenvalue weighted by Crippen LogP contribution is -2.62. The molecular formula is C100H71BN8. The lowest BCUT2D eigenvalue weighted by atomic mass is 9.32. The highest BCUT2D eigenvalue weighted by molar-refractivity contribution is 7.00. The number of hydrogen-bond donors (Lipinski definition) is 0. The molecule has 8 nitrogen and oxygen atoms in total. The first-order valence-electron chi connectivity index (χ1n) is 37.2. The van der Waals surface area contributed by atoms with E-state index in [9.17, 15) is 0 Å². The fraction of sp³-hybridized carbons (Fsp3) is 0.0400. The van der Waals surface area contributed by atoms with Gasteiger partial charge in [-0.3, -0.25) is 0 Å². The fourth-order valence-corrected chi connectivity index (χ4v) is 16.3. The number of anilines is 6. The van der Waals surface area contributed by atoms with E-state index in [1.165, 1.54) is 0 Å². The number of aromatic nitrogens is 6. The summed E-state index contributed by atoms with van der Waals surface area (Å²) < 4.78 is 0. The van der Waals surface area contributed by atoms with Crippen LogP contribution in [0.2, 0.25) is 0 Å². The monoisotopic (exact) mass is 1390 g/mol. The van der Waals surface area contributed by atoms with Gasteiger partial charge in [0, 0.05) is 67.0 Å². The van der Waals surface area contributed by atoms with E-state index in [2.05, 4.69) is 382 Å². The van der Waals surface area contributed by atoms with Crippen molar-refractivity contribution >= 4 is 57.2 Å². The van der Waals surface area contributed by atoms with Gasteiger partial charge in [0.2, 0.25) is 0 Å². The molecule has 2 aromatic heterocycles. The van der Waals surface area contributed by atoms with Crippen molar-refractivity contribution in [3.63, 3.8) is 0 Å². The highest BCUT2D eigenvalue weighted by Crippen LogP contribution is 2.60. The summed E-state index contributed by atoms with van der Waals surface area (Å²) in [5.41, 5.74) is 26.7. The van der Waals surface area contributed by atoms with E-state index < -0.39 is 12.1 Å². The van der Waals surface area contributed by atoms with Gasteiger partial charge in [-0.15, -0.1) is 0 Å². The zero-order chi connectivity index (χ0) is 72.9. The van der Waals surface area contributed by atoms with E-state index in [0.29, 0.717) is 34.9 Å². The van der Waals surface area contributed by atoms with E-state index in [1.54, 1.807) is 0 Å². The van der Waals surface area contributed by atoms with Crippen molar-refractivity contribution in [2.45, 2.75) is 26.2 Å². The minimum absolute atomic E-state index is 0.480. The van der Waals surface area contributed by atoms with Crippen LogP contribution in [0.3, 0.4) is 0 Å². The molecule has 9 heteroatoms. The summed E-state index contributed by atoms with van der Waals surface area (Å²) in [5, 5.41) is 0. The van der Waals surface area contributed by atoms with Crippen LogP contribution in [0.25, 0.3) is 135 Å². The van der Waals surface area contributed by atoms with Crippen molar-refractivity contribution in [1.29, 1.82) is 0 Å². The number of fused-ring (bicyclic) bond motifs is 4. The zero-order valence-corrected chi connectivity index (χ0v) is 60.5. The maximum absolute atomic E-state index is 6.01. The number of para-hydroxylation sites is 2. The highest BCUT2D eigenvalue weighted by Gasteiger charge is 2.51. The zero-order valence-electron chi connectivity index (χ0n) is 60.5. The molecule has 109 heavy (non-hydrogen) atoms. The molecule has 0 spiro atoms. The normalized spacial score (nSPS) is 12.1. The average Bonchev–Trinajstić information content (AvgIpc) is 0.670. The minimum Gasteiger partial charge on any atom is -0.309 e. The summed E-state index contributed by atoms with van der Waals surface area (Å²) in [7, 11) is 0. The van der Waals surface area contributed by atoms with Gasteiger partial charge in [0.1, 0.15) is 0 Å². The van der Waals surface area contributed by atoms with Gasteiger partial charge < -0.3 is 9.80 Å². The number of rotatable bonds is 14. The van der Waals surface area contributed by atoms with Gasteiger partial charge in [-0.2, -0.15) is 0 Å². The molecule has 0 aliphatic carbocycles. The average molecular weight is 1400 g/mol. The molecule has 4 heterocycles. The minimum atomic E-state index is -0.820. The van der Waals surface area contributed by atoms with Crippen LogP contribution in [0.4, 0.5) is 34.1 Å². The Kier molecular flexibility index (Phi) is 16.8. The first-order chi connectivity index (χ1) is 53.8. The molecule has 17 aromatic rings. The van der Waals surface area contributed by atoms with Crippen LogP contribution in [0.1, 0.15) is 26.3 Å². The molecule has 514 valence electrons. The smallest absolute Gasteiger partial charge is 0.252 e. The molecule has 2 aliphatic heterocycles. The first kappa shape index (κ1) is 65.7. The third-order valence-electron chi connectivity index (χ3n) is 21.0. The molecule has 0 atom stereocenters. The lowest BCUT2D eigenvalue weighted by Gasteiger charge is -2.48. The molecule has 0 bridgehead atoms. The maximum atomic E-state index is 6.01. The largest absolute Gasteiger partial charge is 0.309 e. The first-order valence-corrected chi connectivity index (χ1v) is 37.2. The summed E-state index contributed by atoms with van der Waals surface area (Å²) in [4.78, 5) is 40.3. The predicted octanol–water partition coefficient (Wildman–Crippen LogP) is 23.4. The summed E-state index contributed by atoms with van der Waals surface area (Å²) >= 11 is 0. The van der Waals surface area contributed by atoms with Gasteiger partial charge in [-0.1, -0.05) is 385 Å². The van der Waals surface area contributed by atoms with Crippen molar-refractivity contribution in [3.05, 3.63) is 382 Å². The van der Waals surface area contributed by atoms with Crippen molar-refractivity contribution in [1.82, 2.24) is 29.9 Å². The molecule has 2 aliphatic rings. The SMILES string of the molecule is CC(C)(C)c1c(-c2nc(-c3ccccc3)nc(-c3ccccc3)n2)c2c3c(c1-c1nc(-c4ccccc4)nc(-c4ccccc4)n1)N(c1c(-c4ccccc4)cccc1-c1ccccc1)c1ccc(-c4ccccc4)cc1B3c1cc(-c3ccccc3)ccc1N2c1c(-c2ccccc2)cccc1-c1ccccc1. The fourth-order valence-electron chi connectivity index (χ4n) is 16.3. The van der Waals surface area contributed by atoms with Gasteiger partial charge >= 0.3 is 0 Å². The third kappa shape index (κ3) is 11.9. The summed E-state index contributed by atoms with van der Waals surface area (Å²) in [6.45, 7) is 6.47. The van der Waals surface area contributed by atoms with Crippen LogP contribution in [0, 0.1) is 0 Å². The molecular weight excluding hydrogens is 1320 g/mol. The Bertz CT molecular complexity index is 5630. The van der Waals surface area contributed by atoms with Crippen molar-refractivity contribution in [2.75, 3.05) is 9.80 Å². The maximum Gasteiger partial charge on any atom is 0.252 e. The van der Waals surface area contributed by atoms with Crippen LogP contribution in [-0.4, -0.2) is 36.6 Å². The standard InChI is InChI=1S/C100H71BN8/c1-100(2,3)88-86(98-104-94(72-48-26-10-27-49-72)102-95(105-98)73-50-28-11-29-51-73)92-89-93(87(88)99-106-96(74-52-30-12-31-53-74)103-97(107-99)75-54-32-13-33-55-75)109(91-80(70-44-22-8-23-45-70)58-35-59-81(91)71-46-24-9-25-47-71)85-63-61-77(67-38-16-5-17-39-67)65-83(85)101(89)82-64-76(66-36-14-4-15-37-66)60-62-84(82)108(92)90-78(68-40-18-6-19-41-68)56-34-57-79(90)69-42-20-7-21-43-69/h4-65H,1-3H3. The van der Waals surface area contributed by atoms with Gasteiger partial charge in [0.15, 0.2) is 34.9 Å². The van der Waals surface area contributed by atoms with Crippen molar-refractivity contribution in [2.24, 2.45) is 0 Å². The third-order valence-corrected chi connectivity index (χ3v) is 21.0. The van der Waals surface area contributed by atoms with Crippen LogP contribution in [0.5, 0.6) is 0 Å². The Morgan fingerprint density at radius 3 is 0.716 bits per heavy atom. The Morgan fingerprint density at radius 1 is 0.220 bits per heavy atom. The van der Waals surface area contributed by atoms with Gasteiger partial charge in [0.05, 0.1) is 22.7 Å². The Balaban J connectivity index is 1.12. The van der Waals surface area contributed by atoms with Gasteiger partial charge in [0.25, 0.3) is 6.71 Å². The molecule has 0 radical (unpaired) electrons.